The molecule has 53 valence electrons. The van der Waals surface area contributed by atoms with Gasteiger partial charge >= 0.3 is 5.97 Å². The van der Waals surface area contributed by atoms with Gasteiger partial charge in [0.2, 0.25) is 0 Å². The summed E-state index contributed by atoms with van der Waals surface area (Å²) in [6.45, 7) is 5.44. The van der Waals surface area contributed by atoms with E-state index in [0.717, 1.165) is 0 Å². The third kappa shape index (κ3) is 3.72. The lowest BCUT2D eigenvalue weighted by Crippen LogP contribution is -2.21. The summed E-state index contributed by atoms with van der Waals surface area (Å²) in [5.41, 5.74) is -0.387. The smallest absolute Gasteiger partial charge is 0.312 e. The largest absolute Gasteiger partial charge is 0.446 e. The molecule has 3 heteroatoms. The highest BCUT2D eigenvalue weighted by molar-refractivity contribution is 14.1. The number of halogens is 1. The Morgan fingerprint density at radius 2 is 2.00 bits per heavy atom. The Balaban J connectivity index is 3.74. The van der Waals surface area contributed by atoms with Crippen molar-refractivity contribution in [1.82, 2.24) is 0 Å². The van der Waals surface area contributed by atoms with Crippen LogP contribution in [0.5, 0.6) is 0 Å². The molecule has 0 bridgehead atoms. The van der Waals surface area contributed by atoms with Crippen molar-refractivity contribution >= 4 is 28.6 Å². The Morgan fingerprint density at radius 1 is 1.56 bits per heavy atom. The molecule has 0 fully saturated rings. The van der Waals surface area contributed by atoms with Gasteiger partial charge in [0.1, 0.15) is 0 Å². The number of carbonyl (C=O) groups is 1. The normalized spacial score (nSPS) is 11.1. The molecule has 0 N–H and O–H groups in total. The van der Waals surface area contributed by atoms with Crippen LogP contribution in [0.4, 0.5) is 0 Å². The maximum atomic E-state index is 10.8. The van der Waals surface area contributed by atoms with Gasteiger partial charge in [-0.15, -0.1) is 0 Å². The van der Waals surface area contributed by atoms with Crippen LogP contribution in [0.3, 0.4) is 0 Å². The summed E-state index contributed by atoms with van der Waals surface area (Å²) in [4.78, 5) is 10.8. The lowest BCUT2D eigenvalue weighted by molar-refractivity contribution is -0.147. The second kappa shape index (κ2) is 3.39. The zero-order chi connectivity index (χ0) is 7.49. The third-order valence-electron chi connectivity index (χ3n) is 0.764. The van der Waals surface area contributed by atoms with Gasteiger partial charge in [-0.2, -0.15) is 0 Å². The predicted molar refractivity (Wildman–Crippen MR) is 43.9 cm³/mol. The van der Waals surface area contributed by atoms with E-state index in [2.05, 4.69) is 4.74 Å². The topological polar surface area (TPSA) is 26.3 Å². The van der Waals surface area contributed by atoms with Gasteiger partial charge in [-0.05, 0) is 43.4 Å². The molecule has 0 aromatic heterocycles. The van der Waals surface area contributed by atoms with Crippen LogP contribution in [0.1, 0.15) is 20.8 Å². The fourth-order valence-corrected chi connectivity index (χ4v) is 0.448. The minimum absolute atomic E-state index is 0.197. The number of hydrogen-bond donors (Lipinski definition) is 0. The summed E-state index contributed by atoms with van der Waals surface area (Å²) in [7, 11) is 0. The van der Waals surface area contributed by atoms with Gasteiger partial charge in [0, 0.05) is 0 Å². The van der Waals surface area contributed by atoms with Crippen molar-refractivity contribution in [1.29, 1.82) is 0 Å². The molecule has 0 aliphatic heterocycles. The first-order valence-corrected chi connectivity index (χ1v) is 3.86. The molecular weight excluding hydrogens is 231 g/mol. The van der Waals surface area contributed by atoms with E-state index < -0.39 is 0 Å². The molecule has 9 heavy (non-hydrogen) atoms. The van der Waals surface area contributed by atoms with Crippen molar-refractivity contribution in [2.75, 3.05) is 0 Å². The average Bonchev–Trinajstić information content (AvgIpc) is 1.64. The lowest BCUT2D eigenvalue weighted by Gasteiger charge is -2.14. The van der Waals surface area contributed by atoms with Gasteiger partial charge in [-0.25, -0.2) is 0 Å². The fraction of sp³-hybridized carbons (Fsp3) is 0.667. The molecule has 0 aromatic carbocycles. The Morgan fingerprint density at radius 3 is 2.11 bits per heavy atom. The standard InChI is InChI=1S/C6H10IO2/c1-6(2,3)5(8)9-4-7/h4H,1-3H3. The summed E-state index contributed by atoms with van der Waals surface area (Å²) in [5, 5.41) is 0. The van der Waals surface area contributed by atoms with E-state index in [0.29, 0.717) is 0 Å². The molecule has 0 rings (SSSR count). The van der Waals surface area contributed by atoms with Gasteiger partial charge in [0.15, 0.2) is 4.61 Å². The van der Waals surface area contributed by atoms with Crippen LogP contribution < -0.4 is 0 Å². The van der Waals surface area contributed by atoms with E-state index in [1.54, 1.807) is 0 Å². The first-order chi connectivity index (χ1) is 3.98. The molecule has 0 heterocycles. The predicted octanol–water partition coefficient (Wildman–Crippen LogP) is 2.13. The number of hydrogen-bond acceptors (Lipinski definition) is 2. The SMILES string of the molecule is CC(C)(C)C(=O)O[CH]I. The minimum Gasteiger partial charge on any atom is -0.446 e. The van der Waals surface area contributed by atoms with E-state index in [-0.39, 0.29) is 11.4 Å². The van der Waals surface area contributed by atoms with Crippen LogP contribution in [0.2, 0.25) is 0 Å². The second-order valence-corrected chi connectivity index (χ2v) is 3.25. The molecule has 0 unspecified atom stereocenters. The van der Waals surface area contributed by atoms with Crippen molar-refractivity contribution < 1.29 is 9.53 Å². The molecule has 2 nitrogen and oxygen atoms in total. The number of ether oxygens (including phenoxy) is 1. The van der Waals surface area contributed by atoms with Crippen LogP contribution in [0, 0.1) is 10.0 Å². The van der Waals surface area contributed by atoms with Gasteiger partial charge in [0.05, 0.1) is 5.41 Å². The molecule has 0 aliphatic rings. The van der Waals surface area contributed by atoms with Crippen LogP contribution in [-0.2, 0) is 9.53 Å². The zero-order valence-corrected chi connectivity index (χ0v) is 7.93. The molecule has 0 saturated carbocycles. The highest BCUT2D eigenvalue weighted by Crippen LogP contribution is 2.16. The summed E-state index contributed by atoms with van der Waals surface area (Å²) in [5.74, 6) is -0.197. The Bertz CT molecular complexity index is 104. The Kier molecular flexibility index (Phi) is 3.46. The zero-order valence-electron chi connectivity index (χ0n) is 5.77. The Labute approximate surface area is 69.1 Å². The first kappa shape index (κ1) is 9.20. The van der Waals surface area contributed by atoms with Crippen molar-refractivity contribution in [2.45, 2.75) is 20.8 Å². The van der Waals surface area contributed by atoms with Gasteiger partial charge < -0.3 is 4.74 Å². The second-order valence-electron chi connectivity index (χ2n) is 2.74. The van der Waals surface area contributed by atoms with Crippen LogP contribution in [-0.4, -0.2) is 5.97 Å². The van der Waals surface area contributed by atoms with Crippen LogP contribution >= 0.6 is 22.6 Å². The van der Waals surface area contributed by atoms with Gasteiger partial charge in [-0.3, -0.25) is 4.79 Å². The molecule has 0 aliphatic carbocycles. The van der Waals surface area contributed by atoms with Gasteiger partial charge in [0.25, 0.3) is 0 Å². The number of carbonyl (C=O) groups excluding carboxylic acids is 1. The molecule has 0 aromatic rings. The fourth-order valence-electron chi connectivity index (χ4n) is 0.217. The molecule has 0 saturated heterocycles. The average molecular weight is 241 g/mol. The monoisotopic (exact) mass is 241 g/mol. The summed E-state index contributed by atoms with van der Waals surface area (Å²) in [6, 6.07) is 0. The summed E-state index contributed by atoms with van der Waals surface area (Å²) >= 11 is 1.87. The van der Waals surface area contributed by atoms with E-state index in [1.165, 1.54) is 4.61 Å². The van der Waals surface area contributed by atoms with E-state index >= 15 is 0 Å². The first-order valence-electron chi connectivity index (χ1n) is 2.61. The molecule has 1 radical (unpaired) electrons. The maximum absolute atomic E-state index is 10.8. The van der Waals surface area contributed by atoms with Crippen LogP contribution in [0.15, 0.2) is 0 Å². The van der Waals surface area contributed by atoms with Crippen molar-refractivity contribution in [3.63, 3.8) is 0 Å². The maximum Gasteiger partial charge on any atom is 0.312 e. The third-order valence-corrected chi connectivity index (χ3v) is 1.02. The number of esters is 1. The van der Waals surface area contributed by atoms with E-state index in [1.807, 2.05) is 43.4 Å². The summed E-state index contributed by atoms with van der Waals surface area (Å²) in [6.07, 6.45) is 0. The molecular formula is C6H10IO2. The number of rotatable bonds is 1. The van der Waals surface area contributed by atoms with Crippen molar-refractivity contribution in [2.24, 2.45) is 5.41 Å². The summed E-state index contributed by atoms with van der Waals surface area (Å²) < 4.78 is 6.00. The minimum atomic E-state index is -0.387. The lowest BCUT2D eigenvalue weighted by atomic mass is 9.98. The van der Waals surface area contributed by atoms with Crippen LogP contribution in [0.25, 0.3) is 0 Å². The van der Waals surface area contributed by atoms with E-state index in [9.17, 15) is 4.79 Å². The highest BCUT2D eigenvalue weighted by Gasteiger charge is 2.22. The molecule has 0 atom stereocenters. The molecule has 0 amide bonds. The van der Waals surface area contributed by atoms with Crippen molar-refractivity contribution in [3.8, 4) is 0 Å². The Hall–Kier alpha value is 0.200. The quantitative estimate of drug-likeness (QED) is 0.519. The van der Waals surface area contributed by atoms with Crippen molar-refractivity contribution in [3.05, 3.63) is 4.61 Å². The van der Waals surface area contributed by atoms with Gasteiger partial charge in [-0.1, -0.05) is 0 Å². The highest BCUT2D eigenvalue weighted by atomic mass is 127. The van der Waals surface area contributed by atoms with E-state index in [4.69, 9.17) is 0 Å². The molecule has 0 spiro atoms.